The molecule has 3 rings (SSSR count). The van der Waals surface area contributed by atoms with Crippen molar-refractivity contribution in [3.05, 3.63) is 53.5 Å². The number of benzene rings is 1. The first-order valence-corrected chi connectivity index (χ1v) is 6.08. The molecule has 0 aliphatic carbocycles. The fraction of sp³-hybridized carbons (Fsp3) is 0. The monoisotopic (exact) mass is 239 g/mol. The van der Waals surface area contributed by atoms with Crippen molar-refractivity contribution in [1.29, 1.82) is 0 Å². The first-order valence-electron chi connectivity index (χ1n) is 5.27. The van der Waals surface area contributed by atoms with Crippen LogP contribution < -0.4 is 0 Å². The molecule has 0 aliphatic rings. The Labute approximate surface area is 103 Å². The van der Waals surface area contributed by atoms with Crippen LogP contribution in [0.15, 0.2) is 48.7 Å². The molecule has 0 spiro atoms. The minimum Gasteiger partial charge on any atom is -0.297 e. The molecule has 82 valence electrons. The van der Waals surface area contributed by atoms with Crippen molar-refractivity contribution in [2.75, 3.05) is 0 Å². The summed E-state index contributed by atoms with van der Waals surface area (Å²) < 4.78 is 0. The fourth-order valence-electron chi connectivity index (χ4n) is 1.77. The zero-order valence-corrected chi connectivity index (χ0v) is 9.78. The Bertz CT molecular complexity index is 687. The highest BCUT2D eigenvalue weighted by Crippen LogP contribution is 2.27. The lowest BCUT2D eigenvalue weighted by Gasteiger charge is -2.00. The Hall–Kier alpha value is -2.00. The largest absolute Gasteiger partial charge is 0.297 e. The third kappa shape index (κ3) is 1.85. The van der Waals surface area contributed by atoms with Crippen LogP contribution in [0.1, 0.15) is 9.67 Å². The SMILES string of the molecule is O=Cc1ccc(-c2cc3ccccc3cn2)s1. The molecule has 0 bridgehead atoms. The third-order valence-electron chi connectivity index (χ3n) is 2.63. The first-order chi connectivity index (χ1) is 8.36. The summed E-state index contributed by atoms with van der Waals surface area (Å²) in [6, 6.07) is 13.9. The summed E-state index contributed by atoms with van der Waals surface area (Å²) >= 11 is 1.46. The lowest BCUT2D eigenvalue weighted by Crippen LogP contribution is -1.80. The van der Waals surface area contributed by atoms with Crippen molar-refractivity contribution < 1.29 is 4.79 Å². The number of aldehydes is 1. The van der Waals surface area contributed by atoms with Crippen molar-refractivity contribution >= 4 is 28.4 Å². The zero-order chi connectivity index (χ0) is 11.7. The molecular formula is C14H9NOS. The van der Waals surface area contributed by atoms with Gasteiger partial charge in [0.2, 0.25) is 0 Å². The summed E-state index contributed by atoms with van der Waals surface area (Å²) in [5, 5.41) is 2.29. The lowest BCUT2D eigenvalue weighted by atomic mass is 10.1. The molecule has 0 N–H and O–H groups in total. The first kappa shape index (κ1) is 10.2. The van der Waals surface area contributed by atoms with Crippen LogP contribution in [0.3, 0.4) is 0 Å². The van der Waals surface area contributed by atoms with Gasteiger partial charge in [-0.05, 0) is 23.6 Å². The Kier molecular flexibility index (Phi) is 2.46. The maximum absolute atomic E-state index is 10.7. The molecule has 0 amide bonds. The topological polar surface area (TPSA) is 30.0 Å². The van der Waals surface area contributed by atoms with Gasteiger partial charge >= 0.3 is 0 Å². The fourth-order valence-corrected chi connectivity index (χ4v) is 2.56. The Balaban J connectivity index is 2.14. The van der Waals surface area contributed by atoms with Crippen molar-refractivity contribution in [3.8, 4) is 10.6 Å². The maximum Gasteiger partial charge on any atom is 0.160 e. The van der Waals surface area contributed by atoms with Gasteiger partial charge in [0.25, 0.3) is 0 Å². The summed E-state index contributed by atoms with van der Waals surface area (Å²) in [7, 11) is 0. The van der Waals surface area contributed by atoms with Crippen molar-refractivity contribution in [2.24, 2.45) is 0 Å². The zero-order valence-electron chi connectivity index (χ0n) is 8.96. The normalized spacial score (nSPS) is 10.6. The lowest BCUT2D eigenvalue weighted by molar-refractivity contribution is 0.112. The molecule has 0 aliphatic heterocycles. The quantitative estimate of drug-likeness (QED) is 0.637. The van der Waals surface area contributed by atoms with Gasteiger partial charge in [-0.25, -0.2) is 0 Å². The van der Waals surface area contributed by atoms with Gasteiger partial charge in [0.15, 0.2) is 6.29 Å². The van der Waals surface area contributed by atoms with Gasteiger partial charge in [-0.3, -0.25) is 9.78 Å². The summed E-state index contributed by atoms with van der Waals surface area (Å²) in [6.45, 7) is 0. The van der Waals surface area contributed by atoms with Crippen LogP contribution in [0.25, 0.3) is 21.3 Å². The highest BCUT2D eigenvalue weighted by atomic mass is 32.1. The molecule has 0 fully saturated rings. The molecule has 0 atom stereocenters. The van der Waals surface area contributed by atoms with Crippen LogP contribution in [0, 0.1) is 0 Å². The predicted molar refractivity (Wildman–Crippen MR) is 70.4 cm³/mol. The van der Waals surface area contributed by atoms with Crippen LogP contribution in [0.2, 0.25) is 0 Å². The van der Waals surface area contributed by atoms with Crippen LogP contribution in [0.4, 0.5) is 0 Å². The van der Waals surface area contributed by atoms with E-state index in [-0.39, 0.29) is 0 Å². The number of nitrogens with zero attached hydrogens (tertiary/aromatic N) is 1. The molecule has 3 heteroatoms. The van der Waals surface area contributed by atoms with Gasteiger partial charge in [0.05, 0.1) is 15.4 Å². The van der Waals surface area contributed by atoms with Crippen LogP contribution in [0.5, 0.6) is 0 Å². The van der Waals surface area contributed by atoms with Gasteiger partial charge in [-0.15, -0.1) is 11.3 Å². The summed E-state index contributed by atoms with van der Waals surface area (Å²) in [4.78, 5) is 16.8. The molecule has 2 heterocycles. The highest BCUT2D eigenvalue weighted by molar-refractivity contribution is 7.17. The van der Waals surface area contributed by atoms with E-state index in [2.05, 4.69) is 17.1 Å². The molecule has 17 heavy (non-hydrogen) atoms. The number of rotatable bonds is 2. The Morgan fingerprint density at radius 2 is 1.88 bits per heavy atom. The molecule has 2 nitrogen and oxygen atoms in total. The van der Waals surface area contributed by atoms with E-state index in [1.807, 2.05) is 36.5 Å². The molecule has 1 aromatic carbocycles. The molecule has 0 unspecified atom stereocenters. The predicted octanol–water partition coefficient (Wildman–Crippen LogP) is 3.78. The second kappa shape index (κ2) is 4.11. The third-order valence-corrected chi connectivity index (χ3v) is 3.66. The van der Waals surface area contributed by atoms with Crippen LogP contribution in [-0.4, -0.2) is 11.3 Å². The molecule has 0 radical (unpaired) electrons. The van der Waals surface area contributed by atoms with E-state index < -0.39 is 0 Å². The van der Waals surface area contributed by atoms with Crippen molar-refractivity contribution in [3.63, 3.8) is 0 Å². The Morgan fingerprint density at radius 3 is 2.65 bits per heavy atom. The van der Waals surface area contributed by atoms with Crippen LogP contribution in [-0.2, 0) is 0 Å². The maximum atomic E-state index is 10.7. The van der Waals surface area contributed by atoms with Gasteiger partial charge in [0, 0.05) is 11.6 Å². The smallest absolute Gasteiger partial charge is 0.160 e. The molecule has 3 aromatic rings. The van der Waals surface area contributed by atoms with Crippen molar-refractivity contribution in [1.82, 2.24) is 4.98 Å². The van der Waals surface area contributed by atoms with Gasteiger partial charge in [0.1, 0.15) is 0 Å². The molecule has 0 saturated carbocycles. The number of fused-ring (bicyclic) bond motifs is 1. The minimum absolute atomic E-state index is 0.731. The van der Waals surface area contributed by atoms with E-state index in [0.29, 0.717) is 0 Å². The Morgan fingerprint density at radius 1 is 1.06 bits per heavy atom. The number of pyridine rings is 1. The molecule has 2 aromatic heterocycles. The average molecular weight is 239 g/mol. The van der Waals surface area contributed by atoms with E-state index in [1.54, 1.807) is 0 Å². The minimum atomic E-state index is 0.731. The summed E-state index contributed by atoms with van der Waals surface area (Å²) in [5.74, 6) is 0. The average Bonchev–Trinajstić information content (AvgIpc) is 2.87. The number of hydrogen-bond donors (Lipinski definition) is 0. The molecular weight excluding hydrogens is 230 g/mol. The van der Waals surface area contributed by atoms with Gasteiger partial charge in [-0.1, -0.05) is 24.3 Å². The van der Waals surface area contributed by atoms with E-state index >= 15 is 0 Å². The number of aromatic nitrogens is 1. The van der Waals surface area contributed by atoms with Gasteiger partial charge in [-0.2, -0.15) is 0 Å². The van der Waals surface area contributed by atoms with Crippen molar-refractivity contribution in [2.45, 2.75) is 0 Å². The second-order valence-corrected chi connectivity index (χ2v) is 4.85. The van der Waals surface area contributed by atoms with E-state index in [9.17, 15) is 4.79 Å². The second-order valence-electron chi connectivity index (χ2n) is 3.74. The van der Waals surface area contributed by atoms with Gasteiger partial charge < -0.3 is 0 Å². The number of hydrogen-bond acceptors (Lipinski definition) is 3. The highest BCUT2D eigenvalue weighted by Gasteiger charge is 2.04. The number of carbonyl (C=O) groups excluding carboxylic acids is 1. The van der Waals surface area contributed by atoms with Crippen LogP contribution >= 0.6 is 11.3 Å². The van der Waals surface area contributed by atoms with E-state index in [1.165, 1.54) is 16.7 Å². The number of thiophene rings is 1. The molecule has 0 saturated heterocycles. The van der Waals surface area contributed by atoms with E-state index in [0.717, 1.165) is 27.1 Å². The standard InChI is InChI=1S/C14H9NOS/c16-9-12-5-6-14(17-12)13-7-10-3-1-2-4-11(10)8-15-13/h1-9H. The summed E-state index contributed by atoms with van der Waals surface area (Å²) in [6.07, 6.45) is 2.74. The van der Waals surface area contributed by atoms with E-state index in [4.69, 9.17) is 0 Å². The number of carbonyl (C=O) groups is 1. The summed E-state index contributed by atoms with van der Waals surface area (Å²) in [5.41, 5.74) is 0.918.